The predicted molar refractivity (Wildman–Crippen MR) is 98.0 cm³/mol. The highest BCUT2D eigenvalue weighted by atomic mass is 16.5. The number of aromatic nitrogens is 1. The molecule has 0 saturated carbocycles. The van der Waals surface area contributed by atoms with Gasteiger partial charge in [0.1, 0.15) is 5.82 Å². The lowest BCUT2D eigenvalue weighted by atomic mass is 10.1. The van der Waals surface area contributed by atoms with Crippen molar-refractivity contribution in [3.05, 3.63) is 47.7 Å². The molecule has 7 heteroatoms. The number of amides is 1. The van der Waals surface area contributed by atoms with Gasteiger partial charge in [-0.05, 0) is 35.9 Å². The minimum absolute atomic E-state index is 0.171. The van der Waals surface area contributed by atoms with Gasteiger partial charge in [-0.25, -0.2) is 4.98 Å². The molecular formula is C19H23N3O4. The Morgan fingerprint density at radius 3 is 2.65 bits per heavy atom. The first-order chi connectivity index (χ1) is 12.7. The van der Waals surface area contributed by atoms with Gasteiger partial charge in [0.15, 0.2) is 11.5 Å². The molecule has 1 amide bonds. The van der Waals surface area contributed by atoms with E-state index in [2.05, 4.69) is 15.2 Å². The zero-order valence-electron chi connectivity index (χ0n) is 15.0. The van der Waals surface area contributed by atoms with E-state index < -0.39 is 0 Å². The molecule has 2 heterocycles. The summed E-state index contributed by atoms with van der Waals surface area (Å²) in [5.41, 5.74) is 1.51. The quantitative estimate of drug-likeness (QED) is 0.851. The van der Waals surface area contributed by atoms with E-state index in [1.54, 1.807) is 38.6 Å². The van der Waals surface area contributed by atoms with Crippen molar-refractivity contribution in [3.63, 3.8) is 0 Å². The molecule has 2 aromatic rings. The van der Waals surface area contributed by atoms with E-state index in [9.17, 15) is 4.79 Å². The molecule has 1 aromatic carbocycles. The maximum Gasteiger partial charge on any atom is 0.251 e. The number of hydrogen-bond donors (Lipinski definition) is 1. The Hall–Kier alpha value is -2.80. The van der Waals surface area contributed by atoms with Crippen LogP contribution in [-0.2, 0) is 11.3 Å². The minimum Gasteiger partial charge on any atom is -0.493 e. The summed E-state index contributed by atoms with van der Waals surface area (Å²) in [6.45, 7) is 3.50. The molecule has 0 bridgehead atoms. The molecular weight excluding hydrogens is 334 g/mol. The Morgan fingerprint density at radius 2 is 1.92 bits per heavy atom. The van der Waals surface area contributed by atoms with Crippen LogP contribution in [0.15, 0.2) is 36.5 Å². The second-order valence-electron chi connectivity index (χ2n) is 5.87. The largest absolute Gasteiger partial charge is 0.493 e. The first-order valence-electron chi connectivity index (χ1n) is 8.49. The number of methoxy groups -OCH3 is 2. The summed E-state index contributed by atoms with van der Waals surface area (Å²) >= 11 is 0. The summed E-state index contributed by atoms with van der Waals surface area (Å²) in [6.07, 6.45) is 1.77. The van der Waals surface area contributed by atoms with Crippen LogP contribution in [0.5, 0.6) is 11.5 Å². The standard InChI is InChI=1S/C19H23N3O4/c1-24-16-4-3-15(12-17(16)25-2)19(23)21-13-14-5-6-20-18(11-14)22-7-9-26-10-8-22/h3-6,11-12H,7-10,13H2,1-2H3,(H,21,23). The molecule has 0 spiro atoms. The Labute approximate surface area is 152 Å². The number of nitrogens with zero attached hydrogens (tertiary/aromatic N) is 2. The fourth-order valence-electron chi connectivity index (χ4n) is 2.80. The Morgan fingerprint density at radius 1 is 1.15 bits per heavy atom. The average Bonchev–Trinajstić information content (AvgIpc) is 2.72. The lowest BCUT2D eigenvalue weighted by Gasteiger charge is -2.28. The van der Waals surface area contributed by atoms with Crippen LogP contribution < -0.4 is 19.7 Å². The number of nitrogens with one attached hydrogen (secondary N) is 1. The SMILES string of the molecule is COc1ccc(C(=O)NCc2ccnc(N3CCOCC3)c2)cc1OC. The molecule has 3 rings (SSSR count). The van der Waals surface area contributed by atoms with E-state index in [-0.39, 0.29) is 5.91 Å². The molecule has 138 valence electrons. The van der Waals surface area contributed by atoms with Gasteiger partial charge in [0.25, 0.3) is 5.91 Å². The topological polar surface area (TPSA) is 72.9 Å². The van der Waals surface area contributed by atoms with E-state index >= 15 is 0 Å². The highest BCUT2D eigenvalue weighted by molar-refractivity contribution is 5.94. The Balaban J connectivity index is 1.64. The summed E-state index contributed by atoms with van der Waals surface area (Å²) < 4.78 is 15.8. The molecule has 0 atom stereocenters. The zero-order valence-corrected chi connectivity index (χ0v) is 15.0. The van der Waals surface area contributed by atoms with E-state index in [1.807, 2.05) is 12.1 Å². The molecule has 7 nitrogen and oxygen atoms in total. The van der Waals surface area contributed by atoms with Gasteiger partial charge in [-0.15, -0.1) is 0 Å². The van der Waals surface area contributed by atoms with Crippen LogP contribution in [0.4, 0.5) is 5.82 Å². The van der Waals surface area contributed by atoms with E-state index in [0.717, 1.165) is 24.5 Å². The number of ether oxygens (including phenoxy) is 3. The number of hydrogen-bond acceptors (Lipinski definition) is 6. The van der Waals surface area contributed by atoms with Crippen LogP contribution in [0.25, 0.3) is 0 Å². The average molecular weight is 357 g/mol. The molecule has 0 unspecified atom stereocenters. The fraction of sp³-hybridized carbons (Fsp3) is 0.368. The van der Waals surface area contributed by atoms with Crippen molar-refractivity contribution in [1.29, 1.82) is 0 Å². The Kier molecular flexibility index (Phi) is 5.91. The Bertz CT molecular complexity index is 760. The molecule has 1 N–H and O–H groups in total. The van der Waals surface area contributed by atoms with Crippen molar-refractivity contribution in [1.82, 2.24) is 10.3 Å². The van der Waals surface area contributed by atoms with Crippen molar-refractivity contribution in [2.75, 3.05) is 45.4 Å². The van der Waals surface area contributed by atoms with Gasteiger partial charge < -0.3 is 24.4 Å². The number of carbonyl (C=O) groups is 1. The normalized spacial score (nSPS) is 14.0. The monoisotopic (exact) mass is 357 g/mol. The molecule has 1 saturated heterocycles. The van der Waals surface area contributed by atoms with Crippen LogP contribution in [0.2, 0.25) is 0 Å². The molecule has 26 heavy (non-hydrogen) atoms. The van der Waals surface area contributed by atoms with Gasteiger partial charge in [0, 0.05) is 31.4 Å². The van der Waals surface area contributed by atoms with Crippen molar-refractivity contribution >= 4 is 11.7 Å². The van der Waals surface area contributed by atoms with Crippen molar-refractivity contribution in [3.8, 4) is 11.5 Å². The number of carbonyl (C=O) groups excluding carboxylic acids is 1. The lowest BCUT2D eigenvalue weighted by Crippen LogP contribution is -2.36. The highest BCUT2D eigenvalue weighted by Crippen LogP contribution is 2.27. The van der Waals surface area contributed by atoms with Gasteiger partial charge in [-0.3, -0.25) is 4.79 Å². The van der Waals surface area contributed by atoms with Crippen LogP contribution in [-0.4, -0.2) is 51.4 Å². The molecule has 1 aromatic heterocycles. The second-order valence-corrected chi connectivity index (χ2v) is 5.87. The van der Waals surface area contributed by atoms with Gasteiger partial charge in [0.2, 0.25) is 0 Å². The van der Waals surface area contributed by atoms with Gasteiger partial charge >= 0.3 is 0 Å². The third-order valence-corrected chi connectivity index (χ3v) is 4.24. The summed E-state index contributed by atoms with van der Waals surface area (Å²) in [5, 5.41) is 2.93. The summed E-state index contributed by atoms with van der Waals surface area (Å²) in [7, 11) is 3.11. The summed E-state index contributed by atoms with van der Waals surface area (Å²) in [4.78, 5) is 19.0. The number of morpholine rings is 1. The molecule has 1 aliphatic heterocycles. The molecule has 1 fully saturated rings. The highest BCUT2D eigenvalue weighted by Gasteiger charge is 2.14. The smallest absolute Gasteiger partial charge is 0.251 e. The van der Waals surface area contributed by atoms with E-state index in [4.69, 9.17) is 14.2 Å². The van der Waals surface area contributed by atoms with Crippen LogP contribution >= 0.6 is 0 Å². The van der Waals surface area contributed by atoms with Gasteiger partial charge in [-0.2, -0.15) is 0 Å². The first-order valence-corrected chi connectivity index (χ1v) is 8.49. The molecule has 1 aliphatic rings. The van der Waals surface area contributed by atoms with Crippen LogP contribution in [0.3, 0.4) is 0 Å². The lowest BCUT2D eigenvalue weighted by molar-refractivity contribution is 0.0950. The number of pyridine rings is 1. The van der Waals surface area contributed by atoms with Gasteiger partial charge in [0.05, 0.1) is 27.4 Å². The second kappa shape index (κ2) is 8.53. The molecule has 0 aliphatic carbocycles. The number of rotatable bonds is 6. The zero-order chi connectivity index (χ0) is 18.4. The predicted octanol–water partition coefficient (Wildman–Crippen LogP) is 1.87. The fourth-order valence-corrected chi connectivity index (χ4v) is 2.80. The number of benzene rings is 1. The third-order valence-electron chi connectivity index (χ3n) is 4.24. The minimum atomic E-state index is -0.171. The first kappa shape index (κ1) is 18.0. The maximum atomic E-state index is 12.4. The third kappa shape index (κ3) is 4.23. The maximum absolute atomic E-state index is 12.4. The number of anilines is 1. The van der Waals surface area contributed by atoms with Crippen LogP contribution in [0.1, 0.15) is 15.9 Å². The molecule has 0 radical (unpaired) electrons. The van der Waals surface area contributed by atoms with Gasteiger partial charge in [-0.1, -0.05) is 0 Å². The van der Waals surface area contributed by atoms with Crippen molar-refractivity contribution in [2.45, 2.75) is 6.54 Å². The van der Waals surface area contributed by atoms with Crippen LogP contribution in [0, 0.1) is 0 Å². The summed E-state index contributed by atoms with van der Waals surface area (Å²) in [5.74, 6) is 1.86. The van der Waals surface area contributed by atoms with Crippen molar-refractivity contribution in [2.24, 2.45) is 0 Å². The van der Waals surface area contributed by atoms with E-state index in [0.29, 0.717) is 36.8 Å². The van der Waals surface area contributed by atoms with Crippen molar-refractivity contribution < 1.29 is 19.0 Å². The summed E-state index contributed by atoms with van der Waals surface area (Å²) in [6, 6.07) is 9.00. The van der Waals surface area contributed by atoms with E-state index in [1.165, 1.54) is 0 Å².